The lowest BCUT2D eigenvalue weighted by Gasteiger charge is -1.55. The minimum atomic E-state index is -0.649. The van der Waals surface area contributed by atoms with Gasteiger partial charge in [-0.15, -0.1) is 6.42 Å². The van der Waals surface area contributed by atoms with E-state index in [4.69, 9.17) is 0 Å². The van der Waals surface area contributed by atoms with E-state index in [0.717, 1.165) is 0 Å². The van der Waals surface area contributed by atoms with Crippen LogP contribution in [-0.2, 0) is 0 Å². The van der Waals surface area contributed by atoms with E-state index in [-0.39, 0.29) is 0 Å². The van der Waals surface area contributed by atoms with E-state index >= 15 is 0 Å². The molecule has 0 radical (unpaired) electrons. The first-order valence-electron chi connectivity index (χ1n) is 1.41. The van der Waals surface area contributed by atoms with Gasteiger partial charge in [-0.3, -0.25) is 0 Å². The van der Waals surface area contributed by atoms with Crippen LogP contribution in [0, 0.1) is 24.2 Å². The molecule has 0 aromatic heterocycles. The normalized spacial score (nSPS) is 4.67. The maximum Gasteiger partial charge on any atom is 0.151 e. The van der Waals surface area contributed by atoms with Gasteiger partial charge in [0.15, 0.2) is 6.67 Å². The van der Waals surface area contributed by atoms with Crippen molar-refractivity contribution >= 4 is 0 Å². The van der Waals surface area contributed by atoms with Crippen LogP contribution in [-0.4, -0.2) is 6.67 Å². The zero-order valence-electron chi connectivity index (χ0n) is 3.16. The molecule has 0 aliphatic carbocycles. The fourth-order valence-electron chi connectivity index (χ4n) is 0.0844. The summed E-state index contributed by atoms with van der Waals surface area (Å²) in [6, 6.07) is 0. The lowest BCUT2D eigenvalue weighted by molar-refractivity contribution is 0.573. The van der Waals surface area contributed by atoms with Crippen molar-refractivity contribution in [2.45, 2.75) is 0 Å². The Morgan fingerprint density at radius 3 is 2.50 bits per heavy atom. The molecule has 0 saturated heterocycles. The molecule has 0 saturated carbocycles. The molecule has 0 amide bonds. The molecule has 6 heavy (non-hydrogen) atoms. The van der Waals surface area contributed by atoms with Gasteiger partial charge in [-0.05, 0) is 11.8 Å². The summed E-state index contributed by atoms with van der Waals surface area (Å²) in [5.74, 6) is 6.11. The van der Waals surface area contributed by atoms with Crippen LogP contribution < -0.4 is 0 Å². The first-order chi connectivity index (χ1) is 2.91. The molecular weight excluding hydrogens is 79.1 g/mol. The molecule has 0 atom stereocenters. The summed E-state index contributed by atoms with van der Waals surface area (Å²) in [6.45, 7) is -0.649. The van der Waals surface area contributed by atoms with Crippen LogP contribution in [0.1, 0.15) is 0 Å². The molecule has 1 heteroatoms. The standard InChI is InChI=1S/C5H3F/c1-2-3-4-5-6/h1H,5H2. The number of terminal acetylenes is 1. The Kier molecular flexibility index (Phi) is 3.41. The topological polar surface area (TPSA) is 0 Å². The molecule has 0 N–H and O–H groups in total. The first kappa shape index (κ1) is 5.05. The Labute approximate surface area is 36.4 Å². The molecule has 0 nitrogen and oxygen atoms in total. The molecule has 0 fully saturated rings. The van der Waals surface area contributed by atoms with Crippen molar-refractivity contribution in [3.05, 3.63) is 0 Å². The summed E-state index contributed by atoms with van der Waals surface area (Å²) < 4.78 is 10.9. The summed E-state index contributed by atoms with van der Waals surface area (Å²) in [4.78, 5) is 0. The van der Waals surface area contributed by atoms with Crippen LogP contribution in [0.25, 0.3) is 0 Å². The molecule has 0 aliphatic heterocycles. The van der Waals surface area contributed by atoms with Crippen molar-refractivity contribution < 1.29 is 4.39 Å². The third-order valence-electron chi connectivity index (χ3n) is 0.227. The number of alkyl halides is 1. The van der Waals surface area contributed by atoms with Gasteiger partial charge in [0.2, 0.25) is 0 Å². The van der Waals surface area contributed by atoms with E-state index in [0.29, 0.717) is 0 Å². The van der Waals surface area contributed by atoms with Crippen LogP contribution in [0.5, 0.6) is 0 Å². The Balaban J connectivity index is 3.22. The molecule has 30 valence electrons. The van der Waals surface area contributed by atoms with Gasteiger partial charge in [-0.2, -0.15) is 0 Å². The number of hydrogen-bond acceptors (Lipinski definition) is 0. The average Bonchev–Trinajstić information content (AvgIpc) is 1.61. The van der Waals surface area contributed by atoms with Crippen LogP contribution in [0.4, 0.5) is 4.39 Å². The maximum atomic E-state index is 10.9. The summed E-state index contributed by atoms with van der Waals surface area (Å²) in [7, 11) is 0. The number of rotatable bonds is 0. The molecule has 0 spiro atoms. The minimum absolute atomic E-state index is 0.649. The van der Waals surface area contributed by atoms with Crippen molar-refractivity contribution in [3.63, 3.8) is 0 Å². The predicted molar refractivity (Wildman–Crippen MR) is 22.6 cm³/mol. The molecule has 0 heterocycles. The van der Waals surface area contributed by atoms with Gasteiger partial charge in [-0.1, -0.05) is 5.92 Å². The predicted octanol–water partition coefficient (Wildman–Crippen LogP) is 0.593. The minimum Gasteiger partial charge on any atom is -0.237 e. The first-order valence-corrected chi connectivity index (χ1v) is 1.41. The molecule has 0 rings (SSSR count). The van der Waals surface area contributed by atoms with Crippen molar-refractivity contribution in [1.29, 1.82) is 0 Å². The van der Waals surface area contributed by atoms with Crippen molar-refractivity contribution in [2.24, 2.45) is 0 Å². The Morgan fingerprint density at radius 2 is 2.33 bits per heavy atom. The Hall–Kier alpha value is -0.950. The fraction of sp³-hybridized carbons (Fsp3) is 0.200. The van der Waals surface area contributed by atoms with Gasteiger partial charge in [0, 0.05) is 0 Å². The SMILES string of the molecule is C#CC#CCF. The molecule has 0 bridgehead atoms. The molecule has 0 aromatic carbocycles. The van der Waals surface area contributed by atoms with Crippen LogP contribution in [0.2, 0.25) is 0 Å². The highest BCUT2D eigenvalue weighted by Crippen LogP contribution is 1.56. The molecule has 0 aliphatic rings. The third kappa shape index (κ3) is 3.05. The van der Waals surface area contributed by atoms with Crippen molar-refractivity contribution in [1.82, 2.24) is 0 Å². The zero-order chi connectivity index (χ0) is 4.83. The largest absolute Gasteiger partial charge is 0.237 e. The third-order valence-corrected chi connectivity index (χ3v) is 0.227. The fourth-order valence-corrected chi connectivity index (χ4v) is 0.0844. The lowest BCUT2D eigenvalue weighted by Crippen LogP contribution is -1.56. The average molecular weight is 82.1 g/mol. The van der Waals surface area contributed by atoms with E-state index in [1.54, 1.807) is 0 Å². The number of halogens is 1. The zero-order valence-corrected chi connectivity index (χ0v) is 3.16. The summed E-state index contributed by atoms with van der Waals surface area (Å²) in [6.07, 6.45) is 4.62. The highest BCUT2D eigenvalue weighted by molar-refractivity contribution is 5.21. The quantitative estimate of drug-likeness (QED) is 0.375. The molecular formula is C5H3F. The molecule has 0 aromatic rings. The van der Waals surface area contributed by atoms with Crippen molar-refractivity contribution in [2.75, 3.05) is 6.67 Å². The smallest absolute Gasteiger partial charge is 0.151 e. The summed E-state index contributed by atoms with van der Waals surface area (Å²) in [5, 5.41) is 0. The van der Waals surface area contributed by atoms with E-state index in [1.807, 2.05) is 11.8 Å². The lowest BCUT2D eigenvalue weighted by atomic mass is 10.6. The molecule has 0 unspecified atom stereocenters. The van der Waals surface area contributed by atoms with Gasteiger partial charge in [-0.25, -0.2) is 4.39 Å². The van der Waals surface area contributed by atoms with Crippen molar-refractivity contribution in [3.8, 4) is 24.2 Å². The second kappa shape index (κ2) is 4.05. The number of hydrogen-bond donors (Lipinski definition) is 0. The van der Waals surface area contributed by atoms with E-state index in [1.165, 1.54) is 0 Å². The second-order valence-corrected chi connectivity index (χ2v) is 0.580. The highest BCUT2D eigenvalue weighted by atomic mass is 19.1. The van der Waals surface area contributed by atoms with Gasteiger partial charge in [0.05, 0.1) is 0 Å². The van der Waals surface area contributed by atoms with E-state index in [2.05, 4.69) is 12.3 Å². The summed E-state index contributed by atoms with van der Waals surface area (Å²) in [5.41, 5.74) is 0. The summed E-state index contributed by atoms with van der Waals surface area (Å²) >= 11 is 0. The van der Waals surface area contributed by atoms with Gasteiger partial charge in [0.25, 0.3) is 0 Å². The van der Waals surface area contributed by atoms with Gasteiger partial charge in [0.1, 0.15) is 0 Å². The van der Waals surface area contributed by atoms with Crippen LogP contribution in [0.3, 0.4) is 0 Å². The van der Waals surface area contributed by atoms with Crippen LogP contribution in [0.15, 0.2) is 0 Å². The maximum absolute atomic E-state index is 10.9. The van der Waals surface area contributed by atoms with E-state index in [9.17, 15) is 4.39 Å². The monoisotopic (exact) mass is 82.0 g/mol. The second-order valence-electron chi connectivity index (χ2n) is 0.580. The van der Waals surface area contributed by atoms with Gasteiger partial charge < -0.3 is 0 Å². The van der Waals surface area contributed by atoms with Crippen LogP contribution >= 0.6 is 0 Å². The Morgan fingerprint density at radius 1 is 1.67 bits per heavy atom. The Bertz CT molecular complexity index is 108. The highest BCUT2D eigenvalue weighted by Gasteiger charge is 1.55. The van der Waals surface area contributed by atoms with E-state index < -0.39 is 6.67 Å². The van der Waals surface area contributed by atoms with Gasteiger partial charge >= 0.3 is 0 Å².